The maximum absolute atomic E-state index is 12.9. The third-order valence-electron chi connectivity index (χ3n) is 5.77. The quantitative estimate of drug-likeness (QED) is 0.811. The van der Waals surface area contributed by atoms with Gasteiger partial charge in [0.2, 0.25) is 5.91 Å². The molecule has 1 N–H and O–H groups in total. The number of likely N-dealkylation sites (tertiary alicyclic amines) is 1. The van der Waals surface area contributed by atoms with E-state index in [1.807, 2.05) is 17.9 Å². The third kappa shape index (κ3) is 4.28. The second kappa shape index (κ2) is 8.12. The number of carbonyl (C=O) groups excluding carboxylic acids is 1. The second-order valence-electron chi connectivity index (χ2n) is 7.71. The lowest BCUT2D eigenvalue weighted by Gasteiger charge is -2.33. The average Bonchev–Trinajstić information content (AvgIpc) is 3.27. The van der Waals surface area contributed by atoms with Gasteiger partial charge >= 0.3 is 0 Å². The minimum atomic E-state index is -3.68. The Kier molecular flexibility index (Phi) is 5.56. The molecule has 3 heterocycles. The zero-order valence-electron chi connectivity index (χ0n) is 16.5. The Balaban J connectivity index is 1.47. The minimum absolute atomic E-state index is 0.0950. The highest BCUT2D eigenvalue weighted by molar-refractivity contribution is 7.92. The van der Waals surface area contributed by atoms with Crippen molar-refractivity contribution in [2.24, 2.45) is 0 Å². The molecule has 7 nitrogen and oxygen atoms in total. The van der Waals surface area contributed by atoms with E-state index in [1.54, 1.807) is 30.5 Å². The largest absolute Gasteiger partial charge is 0.337 e. The Morgan fingerprint density at radius 3 is 2.66 bits per heavy atom. The number of aromatic nitrogens is 1. The van der Waals surface area contributed by atoms with Crippen molar-refractivity contribution in [3.8, 4) is 0 Å². The SMILES string of the molecule is CC(C(=O)N1CCc2cc(S(=O)(=O)Nc3cccnc3)ccc2C1)N1CCCC1. The highest BCUT2D eigenvalue weighted by atomic mass is 32.2. The lowest BCUT2D eigenvalue weighted by molar-refractivity contribution is -0.137. The molecule has 1 atom stereocenters. The van der Waals surface area contributed by atoms with Gasteiger partial charge in [0.25, 0.3) is 10.0 Å². The van der Waals surface area contributed by atoms with Crippen molar-refractivity contribution in [1.82, 2.24) is 14.8 Å². The maximum Gasteiger partial charge on any atom is 0.261 e. The van der Waals surface area contributed by atoms with Crippen LogP contribution in [0.25, 0.3) is 0 Å². The normalized spacial score (nSPS) is 18.3. The van der Waals surface area contributed by atoms with Gasteiger partial charge in [0.15, 0.2) is 0 Å². The van der Waals surface area contributed by atoms with Gasteiger partial charge in [-0.05, 0) is 74.7 Å². The van der Waals surface area contributed by atoms with Gasteiger partial charge in [0, 0.05) is 19.3 Å². The molecule has 8 heteroatoms. The van der Waals surface area contributed by atoms with Gasteiger partial charge in [-0.15, -0.1) is 0 Å². The standard InChI is InChI=1S/C21H26N4O3S/c1-16(24-10-2-3-11-24)21(26)25-12-8-17-13-20(7-6-18(17)15-25)29(27,28)23-19-5-4-9-22-14-19/h4-7,9,13-14,16,23H,2-3,8,10-12,15H2,1H3. The van der Waals surface area contributed by atoms with E-state index < -0.39 is 10.0 Å². The number of carbonyl (C=O) groups is 1. The van der Waals surface area contributed by atoms with Crippen LogP contribution in [0.2, 0.25) is 0 Å². The number of hydrogen-bond acceptors (Lipinski definition) is 5. The highest BCUT2D eigenvalue weighted by Gasteiger charge is 2.30. The Bertz CT molecular complexity index is 988. The van der Waals surface area contributed by atoms with Gasteiger partial charge < -0.3 is 4.90 Å². The predicted molar refractivity (Wildman–Crippen MR) is 111 cm³/mol. The topological polar surface area (TPSA) is 82.6 Å². The van der Waals surface area contributed by atoms with E-state index in [-0.39, 0.29) is 16.8 Å². The van der Waals surface area contributed by atoms with Crippen LogP contribution in [0.1, 0.15) is 30.9 Å². The van der Waals surface area contributed by atoms with Crippen molar-refractivity contribution in [2.75, 3.05) is 24.4 Å². The first kappa shape index (κ1) is 19.8. The number of nitrogens with zero attached hydrogens (tertiary/aromatic N) is 3. The summed E-state index contributed by atoms with van der Waals surface area (Å²) in [5, 5.41) is 0. The van der Waals surface area contributed by atoms with E-state index in [9.17, 15) is 13.2 Å². The Labute approximate surface area is 171 Å². The molecule has 2 aliphatic heterocycles. The van der Waals surface area contributed by atoms with E-state index >= 15 is 0 Å². The first-order chi connectivity index (χ1) is 13.9. The van der Waals surface area contributed by atoms with Crippen molar-refractivity contribution in [1.29, 1.82) is 0 Å². The van der Waals surface area contributed by atoms with Crippen molar-refractivity contribution < 1.29 is 13.2 Å². The van der Waals surface area contributed by atoms with Crippen molar-refractivity contribution in [3.05, 3.63) is 53.9 Å². The fourth-order valence-corrected chi connectivity index (χ4v) is 5.16. The van der Waals surface area contributed by atoms with E-state index in [4.69, 9.17) is 0 Å². The zero-order chi connectivity index (χ0) is 20.4. The van der Waals surface area contributed by atoms with Gasteiger partial charge in [0.05, 0.1) is 22.8 Å². The molecular weight excluding hydrogens is 388 g/mol. The number of hydrogen-bond donors (Lipinski definition) is 1. The summed E-state index contributed by atoms with van der Waals surface area (Å²) in [5.74, 6) is 0.160. The molecule has 154 valence electrons. The van der Waals surface area contributed by atoms with Gasteiger partial charge in [-0.3, -0.25) is 19.4 Å². The third-order valence-corrected chi connectivity index (χ3v) is 7.15. The lowest BCUT2D eigenvalue weighted by Crippen LogP contribution is -2.47. The molecule has 0 radical (unpaired) electrons. The summed E-state index contributed by atoms with van der Waals surface area (Å²) < 4.78 is 27.9. The number of amides is 1. The number of benzene rings is 1. The molecule has 0 saturated carbocycles. The molecule has 0 aliphatic carbocycles. The molecule has 2 aliphatic rings. The molecule has 1 amide bonds. The van der Waals surface area contributed by atoms with Crippen molar-refractivity contribution in [3.63, 3.8) is 0 Å². The molecule has 29 heavy (non-hydrogen) atoms. The Hall–Kier alpha value is -2.45. The van der Waals surface area contributed by atoms with Gasteiger partial charge in [-0.1, -0.05) is 6.07 Å². The number of fused-ring (bicyclic) bond motifs is 1. The number of sulfonamides is 1. The van der Waals surface area contributed by atoms with Crippen LogP contribution in [0.15, 0.2) is 47.6 Å². The van der Waals surface area contributed by atoms with E-state index in [0.717, 1.165) is 37.1 Å². The monoisotopic (exact) mass is 414 g/mol. The zero-order valence-corrected chi connectivity index (χ0v) is 17.4. The van der Waals surface area contributed by atoms with E-state index in [1.165, 1.54) is 6.20 Å². The van der Waals surface area contributed by atoms with Gasteiger partial charge in [-0.2, -0.15) is 0 Å². The van der Waals surface area contributed by atoms with Gasteiger partial charge in [-0.25, -0.2) is 8.42 Å². The molecule has 1 aromatic carbocycles. The van der Waals surface area contributed by atoms with Crippen LogP contribution >= 0.6 is 0 Å². The summed E-state index contributed by atoms with van der Waals surface area (Å²) in [7, 11) is -3.68. The number of rotatable bonds is 5. The van der Waals surface area contributed by atoms with Crippen LogP contribution in [0, 0.1) is 0 Å². The molecular formula is C21H26N4O3S. The summed E-state index contributed by atoms with van der Waals surface area (Å²) in [4.78, 5) is 21.2. The van der Waals surface area contributed by atoms with E-state index in [2.05, 4.69) is 14.6 Å². The smallest absolute Gasteiger partial charge is 0.261 e. The summed E-state index contributed by atoms with van der Waals surface area (Å²) in [5.41, 5.74) is 2.42. The maximum atomic E-state index is 12.9. The van der Waals surface area contributed by atoms with Crippen molar-refractivity contribution >= 4 is 21.6 Å². The fourth-order valence-electron chi connectivity index (χ4n) is 4.07. The molecule has 1 fully saturated rings. The first-order valence-corrected chi connectivity index (χ1v) is 11.5. The molecule has 4 rings (SSSR count). The van der Waals surface area contributed by atoms with Crippen molar-refractivity contribution in [2.45, 2.75) is 43.7 Å². The number of anilines is 1. The van der Waals surface area contributed by atoms with Crippen LogP contribution in [0.4, 0.5) is 5.69 Å². The highest BCUT2D eigenvalue weighted by Crippen LogP contribution is 2.25. The van der Waals surface area contributed by atoms with Gasteiger partial charge in [0.1, 0.15) is 0 Å². The van der Waals surface area contributed by atoms with Crippen LogP contribution in [-0.4, -0.2) is 54.8 Å². The molecule has 1 saturated heterocycles. The minimum Gasteiger partial charge on any atom is -0.337 e. The number of pyridine rings is 1. The molecule has 2 aromatic rings. The predicted octanol–water partition coefficient (Wildman–Crippen LogP) is 2.25. The van der Waals surface area contributed by atoms with Crippen LogP contribution in [-0.2, 0) is 27.8 Å². The summed E-state index contributed by atoms with van der Waals surface area (Å²) >= 11 is 0. The Morgan fingerprint density at radius 1 is 1.14 bits per heavy atom. The Morgan fingerprint density at radius 2 is 1.93 bits per heavy atom. The second-order valence-corrected chi connectivity index (χ2v) is 9.39. The number of nitrogens with one attached hydrogen (secondary N) is 1. The van der Waals surface area contributed by atoms with E-state index in [0.29, 0.717) is 25.2 Å². The van der Waals surface area contributed by atoms with Crippen LogP contribution < -0.4 is 4.72 Å². The molecule has 1 unspecified atom stereocenters. The summed E-state index contributed by atoms with van der Waals surface area (Å²) in [6.07, 6.45) is 6.04. The molecule has 0 bridgehead atoms. The van der Waals surface area contributed by atoms with Crippen LogP contribution in [0.3, 0.4) is 0 Å². The lowest BCUT2D eigenvalue weighted by atomic mass is 9.99. The molecule has 0 spiro atoms. The summed E-state index contributed by atoms with van der Waals surface area (Å²) in [6.45, 7) is 5.11. The molecule has 1 aromatic heterocycles. The summed E-state index contributed by atoms with van der Waals surface area (Å²) in [6, 6.07) is 8.40. The first-order valence-electron chi connectivity index (χ1n) is 10.0. The fraction of sp³-hybridized carbons (Fsp3) is 0.429. The van der Waals surface area contributed by atoms with Crippen LogP contribution in [0.5, 0.6) is 0 Å². The average molecular weight is 415 g/mol.